The molecule has 3 radical (unpaired) electrons. The number of hydrogen-bond acceptors (Lipinski definition) is 16. The van der Waals surface area contributed by atoms with Crippen LogP contribution in [0.3, 0.4) is 0 Å². The van der Waals surface area contributed by atoms with Gasteiger partial charge in [-0.3, -0.25) is 4.79 Å². The van der Waals surface area contributed by atoms with Gasteiger partial charge in [0, 0.05) is 100 Å². The third kappa shape index (κ3) is 24.0. The lowest BCUT2D eigenvalue weighted by molar-refractivity contribution is -0.132. The number of hydrogen-bond donors (Lipinski definition) is 2. The van der Waals surface area contributed by atoms with E-state index in [9.17, 15) is 9.59 Å². The van der Waals surface area contributed by atoms with E-state index in [2.05, 4.69) is 73.0 Å². The van der Waals surface area contributed by atoms with Crippen molar-refractivity contribution in [3.63, 3.8) is 0 Å². The third-order valence-corrected chi connectivity index (χ3v) is 40.9. The zero-order valence-corrected chi connectivity index (χ0v) is 55.0. The average molecular weight is 1130 g/mol. The first-order chi connectivity index (χ1) is 31.8. The second-order valence-corrected chi connectivity index (χ2v) is 47.4. The van der Waals surface area contributed by atoms with E-state index >= 15 is 0 Å². The smallest absolute Gasteiger partial charge is 0.455 e. The Kier molecular flexibility index (Phi) is 31.8. The third-order valence-electron chi connectivity index (χ3n) is 12.5. The molecule has 0 saturated carbocycles. The molecule has 1 rings (SSSR count). The van der Waals surface area contributed by atoms with Crippen molar-refractivity contribution in [2.75, 3.05) is 70.5 Å². The van der Waals surface area contributed by atoms with E-state index < -0.39 is 85.1 Å². The highest BCUT2D eigenvalue weighted by molar-refractivity contribution is 6.85. The Morgan fingerprint density at radius 2 is 0.912 bits per heavy atom. The van der Waals surface area contributed by atoms with Gasteiger partial charge in [0.05, 0.1) is 0 Å². The zero-order chi connectivity index (χ0) is 51.9. The fraction of sp³-hybridized carbons (Fsp3) is 0.976. The first kappa shape index (κ1) is 66.8. The monoisotopic (exact) mass is 1120 g/mol. The molecule has 17 nitrogen and oxygen atoms in total. The van der Waals surface area contributed by atoms with Crippen LogP contribution < -0.4 is 5.32 Å². The van der Waals surface area contributed by atoms with Crippen LogP contribution >= 0.6 is 0 Å². The van der Waals surface area contributed by atoms with E-state index in [4.69, 9.17) is 60.4 Å². The Morgan fingerprint density at radius 1 is 0.544 bits per heavy atom. The lowest BCUT2D eigenvalue weighted by atomic mass is 9.74. The molecule has 1 atom stereocenters. The van der Waals surface area contributed by atoms with Crippen molar-refractivity contribution in [2.45, 2.75) is 173 Å². The van der Waals surface area contributed by atoms with Crippen molar-refractivity contribution in [3.8, 4) is 0 Å². The summed E-state index contributed by atoms with van der Waals surface area (Å²) in [6.07, 6.45) is 5.44. The summed E-state index contributed by atoms with van der Waals surface area (Å²) in [5, 5.41) is 3.39. The fourth-order valence-electron chi connectivity index (χ4n) is 8.95. The van der Waals surface area contributed by atoms with E-state index in [1.807, 2.05) is 0 Å². The maximum atomic E-state index is 14.8. The molecule has 0 aliphatic carbocycles. The van der Waals surface area contributed by atoms with Crippen molar-refractivity contribution in [1.29, 1.82) is 0 Å². The molecular weight excluding hydrogens is 1030 g/mol. The topological polar surface area (TPSA) is 179 Å². The molecule has 0 bridgehead atoms. The van der Waals surface area contributed by atoms with Crippen molar-refractivity contribution < 1.29 is 70.0 Å². The van der Waals surface area contributed by atoms with Crippen LogP contribution in [0.4, 0.5) is 0 Å². The van der Waals surface area contributed by atoms with Crippen LogP contribution in [0.1, 0.15) is 92.9 Å². The van der Waals surface area contributed by atoms with Gasteiger partial charge in [-0.1, -0.05) is 48.0 Å². The van der Waals surface area contributed by atoms with Crippen LogP contribution in [0, 0.1) is 23.2 Å². The van der Waals surface area contributed by atoms with Gasteiger partial charge in [-0.15, -0.1) is 0 Å². The molecule has 1 fully saturated rings. The first-order valence-electron chi connectivity index (χ1n) is 24.8. The predicted octanol–water partition coefficient (Wildman–Crippen LogP) is 8.71. The number of carbonyl (C=O) groups excluding carboxylic acids is 1. The molecule has 0 aromatic heterocycles. The highest BCUT2D eigenvalue weighted by atomic mass is 28.5. The molecule has 1 amide bonds. The second-order valence-electron chi connectivity index (χ2n) is 20.6. The van der Waals surface area contributed by atoms with Crippen LogP contribution in [0.5, 0.6) is 0 Å². The Hall–Kier alpha value is 0.822. The van der Waals surface area contributed by atoms with Gasteiger partial charge in [-0.25, -0.2) is 0 Å². The number of nitrogens with one attached hydrogen (secondary N) is 1. The van der Waals surface area contributed by atoms with E-state index in [0.29, 0.717) is 81.1 Å². The van der Waals surface area contributed by atoms with Gasteiger partial charge in [-0.2, -0.15) is 0 Å². The molecule has 26 heteroatoms. The minimum absolute atomic E-state index is 0.0158. The molecule has 2 N–H and O–H groups in total. The van der Waals surface area contributed by atoms with Crippen molar-refractivity contribution in [2.24, 2.45) is 23.2 Å². The van der Waals surface area contributed by atoms with E-state index in [-0.39, 0.29) is 11.8 Å². The number of carbonyl (C=O) groups is 1. The molecule has 1 heterocycles. The van der Waals surface area contributed by atoms with Gasteiger partial charge >= 0.3 is 63.1 Å². The van der Waals surface area contributed by atoms with Gasteiger partial charge in [-0.05, 0) is 119 Å². The molecule has 403 valence electrons. The normalized spacial score (nSPS) is 18.3. The maximum absolute atomic E-state index is 14.8. The van der Waals surface area contributed by atoms with Crippen LogP contribution in [0.15, 0.2) is 0 Å². The molecule has 1 aliphatic rings. The van der Waals surface area contributed by atoms with Crippen molar-refractivity contribution in [3.05, 3.63) is 0 Å². The van der Waals surface area contributed by atoms with Gasteiger partial charge < -0.3 is 70.5 Å². The Morgan fingerprint density at radius 3 is 1.29 bits per heavy atom. The van der Waals surface area contributed by atoms with E-state index in [0.717, 1.165) is 43.1 Å². The lowest BCUT2D eigenvalue weighted by Crippen LogP contribution is -2.57. The summed E-state index contributed by atoms with van der Waals surface area (Å²) >= 11 is 0. The first-order valence-corrected chi connectivity index (χ1v) is 43.3. The Bertz CT molecular complexity index is 1280. The minimum atomic E-state index is -3.50. The molecule has 1 unspecified atom stereocenters. The quantitative estimate of drug-likeness (QED) is 0.0443. The molecule has 0 aromatic rings. The minimum Gasteiger partial charge on any atom is -0.455 e. The van der Waals surface area contributed by atoms with Gasteiger partial charge in [0.15, 0.2) is 16.6 Å². The Balaban J connectivity index is 3.21. The largest absolute Gasteiger partial charge is 0.500 e. The van der Waals surface area contributed by atoms with Crippen LogP contribution in [-0.2, 0) is 65.2 Å². The van der Waals surface area contributed by atoms with Gasteiger partial charge in [0.25, 0.3) is 0 Å². The maximum Gasteiger partial charge on any atom is 0.500 e. The summed E-state index contributed by atoms with van der Waals surface area (Å²) in [6, 6.07) is 6.41. The van der Waals surface area contributed by atoms with E-state index in [1.54, 1.807) is 64.0 Å². The predicted molar refractivity (Wildman–Crippen MR) is 286 cm³/mol. The SMILES string of the molecule is CO[Si](CCCC(CCC[Si](OC)(OC)OC)(CCC[Si](OC)(OC)OC)C(=O)NCCC[Si](C)(C)O[Si](C)(C)CCC[Si]1O[Si](CC(C)C)O[Si](CC(C)C)O[Si](O)(CC(C)C)O1)(OC)OC. The molecule has 1 saturated heterocycles. The highest BCUT2D eigenvalue weighted by Crippen LogP contribution is 2.40. The summed E-state index contributed by atoms with van der Waals surface area (Å²) in [6.45, 7) is 22.6. The van der Waals surface area contributed by atoms with Crippen LogP contribution in [0.2, 0.25) is 80.6 Å². The molecule has 1 aliphatic heterocycles. The van der Waals surface area contributed by atoms with E-state index in [1.165, 1.54) is 0 Å². The van der Waals surface area contributed by atoms with Crippen LogP contribution in [0.25, 0.3) is 0 Å². The van der Waals surface area contributed by atoms with Crippen molar-refractivity contribution in [1.82, 2.24) is 5.32 Å². The second kappa shape index (κ2) is 32.3. The standard InChI is InChI=1S/C42H98NO16Si9/c1-38(2)35-61-55-60(57-65(45,37-40(5)6)58-62(56-61)36-39(3)4)29-24-31-64(18,19)59-63(16,17)30-23-28-43-41(44)42(25-20-32-66(46-7,47-8)48-9,26-21-33-67(49-10,50-11)51-12)27-22-34-68(52-13,53-14)54-15/h38-40,45H,20-37H2,1-19H3,(H,43,44). The summed E-state index contributed by atoms with van der Waals surface area (Å²) in [4.78, 5) is 26.7. The zero-order valence-electron chi connectivity index (χ0n) is 46.0. The molecule has 0 aromatic carbocycles. The summed E-state index contributed by atoms with van der Waals surface area (Å²) in [7, 11) is -7.12. The van der Waals surface area contributed by atoms with Gasteiger partial charge in [0.1, 0.15) is 0 Å². The highest BCUT2D eigenvalue weighted by Gasteiger charge is 2.49. The number of rotatable bonds is 38. The lowest BCUT2D eigenvalue weighted by Gasteiger charge is -2.38. The van der Waals surface area contributed by atoms with Crippen molar-refractivity contribution >= 4 is 85.6 Å². The molecular formula is C42H98NO16Si9. The summed E-state index contributed by atoms with van der Waals surface area (Å²) < 4.78 is 85.6. The Labute approximate surface area is 425 Å². The van der Waals surface area contributed by atoms with Gasteiger partial charge in [0.2, 0.25) is 5.91 Å². The fourth-order valence-corrected chi connectivity index (χ4v) is 36.0. The summed E-state index contributed by atoms with van der Waals surface area (Å²) in [5.74, 6) is 1.05. The molecule has 0 spiro atoms. The number of amides is 1. The summed E-state index contributed by atoms with van der Waals surface area (Å²) in [5.41, 5.74) is -0.746. The average Bonchev–Trinajstić information content (AvgIpc) is 3.25. The molecule has 68 heavy (non-hydrogen) atoms. The van der Waals surface area contributed by atoms with Crippen LogP contribution in [-0.4, -0.2) is 161 Å².